The van der Waals surface area contributed by atoms with Gasteiger partial charge in [-0.25, -0.2) is 4.98 Å². The molecule has 2 heterocycles. The van der Waals surface area contributed by atoms with E-state index in [1.165, 1.54) is 0 Å². The monoisotopic (exact) mass is 338 g/mol. The predicted molar refractivity (Wildman–Crippen MR) is 88.9 cm³/mol. The number of benzene rings is 1. The van der Waals surface area contributed by atoms with E-state index < -0.39 is 7.60 Å². The van der Waals surface area contributed by atoms with Gasteiger partial charge in [-0.3, -0.25) is 4.57 Å². The van der Waals surface area contributed by atoms with Gasteiger partial charge in [0.05, 0.1) is 13.2 Å². The topological polar surface area (TPSA) is 53.4 Å². The molecule has 0 amide bonds. The van der Waals surface area contributed by atoms with Crippen LogP contribution in [0.25, 0.3) is 11.3 Å². The number of fused-ring (bicyclic) bond motifs is 1. The molecular formula is C15H19N2O3PS. The molecule has 1 aromatic heterocycles. The summed E-state index contributed by atoms with van der Waals surface area (Å²) in [7, 11) is -3.38. The molecule has 0 aliphatic carbocycles. The molecule has 0 saturated heterocycles. The van der Waals surface area contributed by atoms with Crippen LogP contribution in [-0.4, -0.2) is 28.5 Å². The molecule has 0 fully saturated rings. The minimum absolute atomic E-state index is 0.333. The average Bonchev–Trinajstić information content (AvgIpc) is 3.08. The lowest BCUT2D eigenvalue weighted by molar-refractivity contribution is 0.228. The Labute approximate surface area is 134 Å². The molecule has 7 heteroatoms. The summed E-state index contributed by atoms with van der Waals surface area (Å²) in [4.78, 5) is 4.69. The third kappa shape index (κ3) is 2.76. The van der Waals surface area contributed by atoms with Crippen molar-refractivity contribution < 1.29 is 13.6 Å². The van der Waals surface area contributed by atoms with Crippen molar-refractivity contribution in [3.05, 3.63) is 30.3 Å². The third-order valence-electron chi connectivity index (χ3n) is 3.36. The van der Waals surface area contributed by atoms with Crippen molar-refractivity contribution in [2.24, 2.45) is 0 Å². The first-order chi connectivity index (χ1) is 10.7. The summed E-state index contributed by atoms with van der Waals surface area (Å²) in [5.74, 6) is 0.933. The zero-order valence-corrected chi connectivity index (χ0v) is 14.4. The van der Waals surface area contributed by atoms with Crippen LogP contribution in [0.15, 0.2) is 35.5 Å². The Morgan fingerprint density at radius 2 is 1.91 bits per heavy atom. The second-order valence-corrected chi connectivity index (χ2v) is 7.76. The first kappa shape index (κ1) is 15.8. The van der Waals surface area contributed by atoms with Crippen molar-refractivity contribution in [2.75, 3.05) is 19.0 Å². The minimum Gasteiger partial charge on any atom is -0.311 e. The molecule has 3 rings (SSSR count). The van der Waals surface area contributed by atoms with Crippen LogP contribution in [0.5, 0.6) is 0 Å². The van der Waals surface area contributed by atoms with E-state index in [2.05, 4.69) is 4.98 Å². The molecule has 22 heavy (non-hydrogen) atoms. The Balaban J connectivity index is 2.19. The highest BCUT2D eigenvalue weighted by atomic mass is 32.2. The fraction of sp³-hybridized carbons (Fsp3) is 0.400. The molecule has 0 saturated carbocycles. The summed E-state index contributed by atoms with van der Waals surface area (Å²) in [6.07, 6.45) is 0. The Morgan fingerprint density at radius 1 is 1.23 bits per heavy atom. The number of hydrogen-bond acceptors (Lipinski definition) is 5. The normalized spacial score (nSPS) is 14.3. The van der Waals surface area contributed by atoms with E-state index in [9.17, 15) is 4.57 Å². The van der Waals surface area contributed by atoms with Gasteiger partial charge in [-0.05, 0) is 13.8 Å². The van der Waals surface area contributed by atoms with E-state index in [0.29, 0.717) is 24.3 Å². The molecule has 2 aromatic rings. The molecule has 0 spiro atoms. The van der Waals surface area contributed by atoms with Crippen molar-refractivity contribution in [3.63, 3.8) is 0 Å². The highest BCUT2D eigenvalue weighted by molar-refractivity contribution is 7.99. The number of rotatable bonds is 6. The van der Waals surface area contributed by atoms with Gasteiger partial charge in [0.1, 0.15) is 5.69 Å². The summed E-state index contributed by atoms with van der Waals surface area (Å²) in [5.41, 5.74) is 2.22. The van der Waals surface area contributed by atoms with Crippen molar-refractivity contribution in [3.8, 4) is 11.3 Å². The highest BCUT2D eigenvalue weighted by Crippen LogP contribution is 2.50. The van der Waals surface area contributed by atoms with Crippen LogP contribution >= 0.6 is 19.4 Å². The molecule has 0 radical (unpaired) electrons. The summed E-state index contributed by atoms with van der Waals surface area (Å²) in [5, 5.41) is 0.883. The Morgan fingerprint density at radius 3 is 2.55 bits per heavy atom. The summed E-state index contributed by atoms with van der Waals surface area (Å²) >= 11 is 1.67. The van der Waals surface area contributed by atoms with Crippen LogP contribution in [0.3, 0.4) is 0 Å². The fourth-order valence-electron chi connectivity index (χ4n) is 2.53. The molecule has 1 aliphatic rings. The van der Waals surface area contributed by atoms with E-state index in [1.54, 1.807) is 11.8 Å². The molecule has 0 atom stereocenters. The van der Waals surface area contributed by atoms with E-state index in [0.717, 1.165) is 23.0 Å². The molecule has 0 bridgehead atoms. The molecule has 118 valence electrons. The standard InChI is InChI=1S/C15H19N2O3PS/c1-3-19-21(18,20-4-2)14-13(12-8-6-5-7-9-12)16-15-17(14)10-11-22-15/h5-9H,3-4,10-11H2,1-2H3. The number of hydrogen-bond donors (Lipinski definition) is 0. The summed E-state index contributed by atoms with van der Waals surface area (Å²) in [6.45, 7) is 5.09. The van der Waals surface area contributed by atoms with Gasteiger partial charge in [0.25, 0.3) is 0 Å². The number of thioether (sulfide) groups is 1. The van der Waals surface area contributed by atoms with Crippen LogP contribution < -0.4 is 5.44 Å². The van der Waals surface area contributed by atoms with Crippen LogP contribution in [0.2, 0.25) is 0 Å². The summed E-state index contributed by atoms with van der Waals surface area (Å²) < 4.78 is 26.4. The van der Waals surface area contributed by atoms with E-state index in [4.69, 9.17) is 9.05 Å². The SMILES string of the molecule is CCOP(=O)(OCC)c1c(-c2ccccc2)nc2n1CCS2. The zero-order chi connectivity index (χ0) is 15.6. The van der Waals surface area contributed by atoms with Crippen molar-refractivity contribution in [1.29, 1.82) is 0 Å². The highest BCUT2D eigenvalue weighted by Gasteiger charge is 2.38. The maximum Gasteiger partial charge on any atom is 0.379 e. The van der Waals surface area contributed by atoms with Crippen molar-refractivity contribution in [1.82, 2.24) is 9.55 Å². The first-order valence-electron chi connectivity index (χ1n) is 7.38. The van der Waals surface area contributed by atoms with Gasteiger partial charge in [0, 0.05) is 17.9 Å². The van der Waals surface area contributed by atoms with Crippen LogP contribution in [0.4, 0.5) is 0 Å². The van der Waals surface area contributed by atoms with Crippen molar-refractivity contribution >= 4 is 24.8 Å². The van der Waals surface area contributed by atoms with Gasteiger partial charge in [-0.1, -0.05) is 42.1 Å². The van der Waals surface area contributed by atoms with Gasteiger partial charge in [-0.2, -0.15) is 0 Å². The Hall–Kier alpha value is -1.07. The lowest BCUT2D eigenvalue weighted by Crippen LogP contribution is -2.21. The van der Waals surface area contributed by atoms with Gasteiger partial charge < -0.3 is 13.6 Å². The van der Waals surface area contributed by atoms with Crippen molar-refractivity contribution in [2.45, 2.75) is 25.5 Å². The number of aromatic nitrogens is 2. The minimum atomic E-state index is -3.38. The Kier molecular flexibility index (Phi) is 4.73. The predicted octanol–water partition coefficient (Wildman–Crippen LogP) is 3.55. The van der Waals surface area contributed by atoms with Crippen LogP contribution in [0.1, 0.15) is 13.8 Å². The lowest BCUT2D eigenvalue weighted by atomic mass is 10.2. The maximum atomic E-state index is 13.3. The largest absolute Gasteiger partial charge is 0.379 e. The number of imidazole rings is 1. The lowest BCUT2D eigenvalue weighted by Gasteiger charge is -2.19. The van der Waals surface area contributed by atoms with Crippen LogP contribution in [0, 0.1) is 0 Å². The molecule has 0 N–H and O–H groups in total. The van der Waals surface area contributed by atoms with Gasteiger partial charge in [0.15, 0.2) is 10.6 Å². The van der Waals surface area contributed by atoms with E-state index in [-0.39, 0.29) is 0 Å². The average molecular weight is 338 g/mol. The molecule has 1 aliphatic heterocycles. The van der Waals surface area contributed by atoms with Gasteiger partial charge >= 0.3 is 7.60 Å². The second kappa shape index (κ2) is 6.59. The Bertz CT molecular complexity index is 692. The maximum absolute atomic E-state index is 13.3. The molecule has 5 nitrogen and oxygen atoms in total. The third-order valence-corrected chi connectivity index (χ3v) is 6.48. The zero-order valence-electron chi connectivity index (χ0n) is 12.7. The molecular weight excluding hydrogens is 319 g/mol. The first-order valence-corrected chi connectivity index (χ1v) is 9.91. The second-order valence-electron chi connectivity index (χ2n) is 4.77. The smallest absolute Gasteiger partial charge is 0.311 e. The van der Waals surface area contributed by atoms with E-state index in [1.807, 2.05) is 48.7 Å². The van der Waals surface area contributed by atoms with Crippen LogP contribution in [-0.2, 0) is 20.2 Å². The molecule has 1 aromatic carbocycles. The quantitative estimate of drug-likeness (QED) is 0.754. The molecule has 0 unspecified atom stereocenters. The van der Waals surface area contributed by atoms with Gasteiger partial charge in [0.2, 0.25) is 0 Å². The number of nitrogens with zero attached hydrogens (tertiary/aromatic N) is 2. The van der Waals surface area contributed by atoms with Gasteiger partial charge in [-0.15, -0.1) is 0 Å². The fourth-order valence-corrected chi connectivity index (χ4v) is 5.48. The summed E-state index contributed by atoms with van der Waals surface area (Å²) in [6, 6.07) is 9.78. The van der Waals surface area contributed by atoms with E-state index >= 15 is 0 Å².